The van der Waals surface area contributed by atoms with Crippen LogP contribution in [0.5, 0.6) is 11.5 Å². The number of aromatic nitrogens is 3. The maximum atomic E-state index is 13.0. The summed E-state index contributed by atoms with van der Waals surface area (Å²) in [5.74, 6) is 2.21. The number of ether oxygens (including phenoxy) is 2. The van der Waals surface area contributed by atoms with E-state index in [1.54, 1.807) is 19.2 Å². The number of hydrogen-bond acceptors (Lipinski definition) is 6. The Labute approximate surface area is 197 Å². The highest BCUT2D eigenvalue weighted by atomic mass is 32.2. The molecule has 0 aliphatic carbocycles. The lowest BCUT2D eigenvalue weighted by atomic mass is 10.2. The highest BCUT2D eigenvalue weighted by molar-refractivity contribution is 7.99. The predicted octanol–water partition coefficient (Wildman–Crippen LogP) is 4.63. The Bertz CT molecular complexity index is 1060. The van der Waals surface area contributed by atoms with Crippen LogP contribution in [-0.4, -0.2) is 33.5 Å². The summed E-state index contributed by atoms with van der Waals surface area (Å²) in [6, 6.07) is 13.5. The van der Waals surface area contributed by atoms with E-state index in [9.17, 15) is 9.18 Å². The smallest absolute Gasteiger partial charge is 0.230 e. The number of amides is 1. The van der Waals surface area contributed by atoms with E-state index in [0.717, 1.165) is 5.56 Å². The Hall–Kier alpha value is -3.07. The molecule has 9 heteroatoms. The number of methoxy groups -OCH3 is 1. The van der Waals surface area contributed by atoms with Gasteiger partial charge in [0.1, 0.15) is 17.3 Å². The zero-order valence-electron chi connectivity index (χ0n) is 19.2. The monoisotopic (exact) mass is 472 g/mol. The molecule has 3 aromatic rings. The summed E-state index contributed by atoms with van der Waals surface area (Å²) in [4.78, 5) is 12.3. The first-order valence-electron chi connectivity index (χ1n) is 10.7. The maximum absolute atomic E-state index is 13.0. The van der Waals surface area contributed by atoms with Gasteiger partial charge in [0, 0.05) is 19.2 Å². The first-order chi connectivity index (χ1) is 15.9. The molecule has 0 spiro atoms. The molecule has 1 unspecified atom stereocenters. The SMILES string of the molecule is COc1cccc(OC(C)c2nnc(SCC(=O)NCc3ccc(F)cc3)n2CC(C)C)c1. The second-order valence-corrected chi connectivity index (χ2v) is 8.92. The van der Waals surface area contributed by atoms with Crippen molar-refractivity contribution in [2.45, 2.75) is 45.1 Å². The highest BCUT2D eigenvalue weighted by Gasteiger charge is 2.21. The molecule has 0 bridgehead atoms. The Balaban J connectivity index is 1.64. The number of hydrogen-bond donors (Lipinski definition) is 1. The maximum Gasteiger partial charge on any atom is 0.230 e. The van der Waals surface area contributed by atoms with E-state index in [4.69, 9.17) is 9.47 Å². The molecule has 0 fully saturated rings. The number of rotatable bonds is 11. The van der Waals surface area contributed by atoms with E-state index < -0.39 is 0 Å². The summed E-state index contributed by atoms with van der Waals surface area (Å²) < 4.78 is 26.4. The van der Waals surface area contributed by atoms with Crippen LogP contribution >= 0.6 is 11.8 Å². The largest absolute Gasteiger partial charge is 0.497 e. The summed E-state index contributed by atoms with van der Waals surface area (Å²) in [7, 11) is 1.61. The van der Waals surface area contributed by atoms with Crippen molar-refractivity contribution in [1.29, 1.82) is 0 Å². The topological polar surface area (TPSA) is 78.3 Å². The molecule has 0 saturated carbocycles. The quantitative estimate of drug-likeness (QED) is 0.410. The van der Waals surface area contributed by atoms with Crippen molar-refractivity contribution in [1.82, 2.24) is 20.1 Å². The van der Waals surface area contributed by atoms with Gasteiger partial charge in [0.15, 0.2) is 17.1 Å². The third-order valence-corrected chi connectivity index (χ3v) is 5.71. The number of carbonyl (C=O) groups excluding carboxylic acids is 1. The molecule has 1 N–H and O–H groups in total. The number of halogens is 1. The van der Waals surface area contributed by atoms with Crippen LogP contribution in [0.25, 0.3) is 0 Å². The van der Waals surface area contributed by atoms with Crippen LogP contribution in [0.15, 0.2) is 53.7 Å². The molecular weight excluding hydrogens is 443 g/mol. The number of nitrogens with zero attached hydrogens (tertiary/aromatic N) is 3. The molecule has 7 nitrogen and oxygen atoms in total. The minimum absolute atomic E-state index is 0.134. The molecule has 0 radical (unpaired) electrons. The second-order valence-electron chi connectivity index (χ2n) is 7.98. The zero-order valence-corrected chi connectivity index (χ0v) is 20.1. The molecule has 0 aliphatic rings. The van der Waals surface area contributed by atoms with Gasteiger partial charge in [-0.1, -0.05) is 43.8 Å². The van der Waals surface area contributed by atoms with Gasteiger partial charge in [-0.2, -0.15) is 0 Å². The number of benzene rings is 2. The summed E-state index contributed by atoms with van der Waals surface area (Å²) >= 11 is 1.33. The minimum atomic E-state index is -0.343. The predicted molar refractivity (Wildman–Crippen MR) is 126 cm³/mol. The summed E-state index contributed by atoms with van der Waals surface area (Å²) in [5, 5.41) is 12.2. The van der Waals surface area contributed by atoms with Crippen LogP contribution in [0, 0.1) is 11.7 Å². The van der Waals surface area contributed by atoms with E-state index >= 15 is 0 Å². The first-order valence-corrected chi connectivity index (χ1v) is 11.7. The van der Waals surface area contributed by atoms with Gasteiger partial charge in [0.25, 0.3) is 0 Å². The van der Waals surface area contributed by atoms with Crippen molar-refractivity contribution in [3.05, 3.63) is 65.7 Å². The lowest BCUT2D eigenvalue weighted by Crippen LogP contribution is -2.25. The van der Waals surface area contributed by atoms with Crippen molar-refractivity contribution in [2.24, 2.45) is 5.92 Å². The van der Waals surface area contributed by atoms with Gasteiger partial charge in [-0.25, -0.2) is 4.39 Å². The fourth-order valence-corrected chi connectivity index (χ4v) is 3.94. The molecule has 1 atom stereocenters. The molecule has 1 amide bonds. The summed E-state index contributed by atoms with van der Waals surface area (Å²) in [6.45, 7) is 7.19. The van der Waals surface area contributed by atoms with Gasteiger partial charge >= 0.3 is 0 Å². The molecule has 3 rings (SSSR count). The number of carbonyl (C=O) groups is 1. The van der Waals surface area contributed by atoms with Gasteiger partial charge in [-0.3, -0.25) is 4.79 Å². The van der Waals surface area contributed by atoms with Crippen molar-refractivity contribution in [3.8, 4) is 11.5 Å². The molecule has 0 aliphatic heterocycles. The molecule has 2 aromatic carbocycles. The number of nitrogens with one attached hydrogen (secondary N) is 1. The lowest BCUT2D eigenvalue weighted by molar-refractivity contribution is -0.118. The van der Waals surface area contributed by atoms with E-state index in [1.807, 2.05) is 35.8 Å². The minimum Gasteiger partial charge on any atom is -0.497 e. The fraction of sp³-hybridized carbons (Fsp3) is 0.375. The van der Waals surface area contributed by atoms with Crippen molar-refractivity contribution in [3.63, 3.8) is 0 Å². The summed E-state index contributed by atoms with van der Waals surface area (Å²) in [5.41, 5.74) is 0.837. The van der Waals surface area contributed by atoms with Gasteiger partial charge < -0.3 is 19.4 Å². The van der Waals surface area contributed by atoms with Crippen LogP contribution in [0.1, 0.15) is 38.3 Å². The number of thioether (sulfide) groups is 1. The third kappa shape index (κ3) is 7.21. The average molecular weight is 473 g/mol. The van der Waals surface area contributed by atoms with Crippen LogP contribution in [0.4, 0.5) is 4.39 Å². The van der Waals surface area contributed by atoms with E-state index in [1.165, 1.54) is 23.9 Å². The van der Waals surface area contributed by atoms with Gasteiger partial charge in [0.05, 0.1) is 12.9 Å². The molecule has 1 aromatic heterocycles. The Morgan fingerprint density at radius 2 is 1.85 bits per heavy atom. The first kappa shape index (κ1) is 24.6. The fourth-order valence-electron chi connectivity index (χ4n) is 3.16. The molecule has 0 saturated heterocycles. The molecule has 1 heterocycles. The Morgan fingerprint density at radius 3 is 2.55 bits per heavy atom. The van der Waals surface area contributed by atoms with Gasteiger partial charge in [0.2, 0.25) is 5.91 Å². The van der Waals surface area contributed by atoms with E-state index in [0.29, 0.717) is 41.5 Å². The lowest BCUT2D eigenvalue weighted by Gasteiger charge is -2.18. The molecule has 176 valence electrons. The van der Waals surface area contributed by atoms with Crippen molar-refractivity contribution >= 4 is 17.7 Å². The van der Waals surface area contributed by atoms with Crippen LogP contribution in [0.2, 0.25) is 0 Å². The highest BCUT2D eigenvalue weighted by Crippen LogP contribution is 2.27. The van der Waals surface area contributed by atoms with Crippen LogP contribution in [-0.2, 0) is 17.9 Å². The third-order valence-electron chi connectivity index (χ3n) is 4.75. The zero-order chi connectivity index (χ0) is 23.8. The van der Waals surface area contributed by atoms with Crippen LogP contribution in [0.3, 0.4) is 0 Å². The Kier molecular flexibility index (Phi) is 8.71. The van der Waals surface area contributed by atoms with Crippen LogP contribution < -0.4 is 14.8 Å². The Morgan fingerprint density at radius 1 is 1.12 bits per heavy atom. The molecular formula is C24H29FN4O3S. The molecule has 33 heavy (non-hydrogen) atoms. The average Bonchev–Trinajstić information content (AvgIpc) is 3.19. The van der Waals surface area contributed by atoms with Gasteiger partial charge in [-0.15, -0.1) is 10.2 Å². The van der Waals surface area contributed by atoms with E-state index in [-0.39, 0.29) is 23.6 Å². The van der Waals surface area contributed by atoms with E-state index in [2.05, 4.69) is 29.4 Å². The summed E-state index contributed by atoms with van der Waals surface area (Å²) in [6.07, 6.45) is -0.343. The van der Waals surface area contributed by atoms with Gasteiger partial charge in [-0.05, 0) is 42.7 Å². The standard InChI is InChI=1S/C24H29FN4O3S/c1-16(2)14-29-23(17(3)32-21-7-5-6-20(12-21)31-4)27-28-24(29)33-15-22(30)26-13-18-8-10-19(25)11-9-18/h5-12,16-17H,13-15H2,1-4H3,(H,26,30). The second kappa shape index (κ2) is 11.7. The van der Waals surface area contributed by atoms with Crippen molar-refractivity contribution in [2.75, 3.05) is 12.9 Å². The normalized spacial score (nSPS) is 11.9. The van der Waals surface area contributed by atoms with Crippen molar-refractivity contribution < 1.29 is 18.7 Å².